The minimum Gasteiger partial charge on any atom is -0.492 e. The molecule has 7 heteroatoms. The van der Waals surface area contributed by atoms with E-state index in [0.29, 0.717) is 18.9 Å². The SMILES string of the molecule is CCNC(=NCCOc1cccc(NC(C)=O)c1)NCC.I. The highest BCUT2D eigenvalue weighted by molar-refractivity contribution is 14.0. The molecule has 1 aromatic carbocycles. The van der Waals surface area contributed by atoms with Crippen molar-refractivity contribution in [1.82, 2.24) is 10.6 Å². The summed E-state index contributed by atoms with van der Waals surface area (Å²) in [4.78, 5) is 15.4. The van der Waals surface area contributed by atoms with Gasteiger partial charge in [-0.05, 0) is 26.0 Å². The van der Waals surface area contributed by atoms with Gasteiger partial charge in [0.15, 0.2) is 5.96 Å². The predicted molar refractivity (Wildman–Crippen MR) is 101 cm³/mol. The lowest BCUT2D eigenvalue weighted by atomic mass is 10.3. The molecule has 0 aliphatic rings. The number of aliphatic imine (C=N–C) groups is 1. The summed E-state index contributed by atoms with van der Waals surface area (Å²) in [7, 11) is 0. The summed E-state index contributed by atoms with van der Waals surface area (Å²) in [5, 5.41) is 9.02. The Hall–Kier alpha value is -1.51. The van der Waals surface area contributed by atoms with Gasteiger partial charge in [0.25, 0.3) is 0 Å². The summed E-state index contributed by atoms with van der Waals surface area (Å²) in [5.74, 6) is 1.40. The van der Waals surface area contributed by atoms with E-state index in [-0.39, 0.29) is 29.9 Å². The highest BCUT2D eigenvalue weighted by Crippen LogP contribution is 2.17. The van der Waals surface area contributed by atoms with Crippen molar-refractivity contribution < 1.29 is 9.53 Å². The van der Waals surface area contributed by atoms with Crippen LogP contribution in [0.5, 0.6) is 5.75 Å². The van der Waals surface area contributed by atoms with Crippen LogP contribution in [0.2, 0.25) is 0 Å². The molecular formula is C15H25IN4O2. The Morgan fingerprint density at radius 3 is 2.50 bits per heavy atom. The molecule has 0 aromatic heterocycles. The van der Waals surface area contributed by atoms with Gasteiger partial charge in [0.05, 0.1) is 6.54 Å². The van der Waals surface area contributed by atoms with Crippen molar-refractivity contribution in [2.75, 3.05) is 31.6 Å². The molecule has 124 valence electrons. The number of hydrogen-bond donors (Lipinski definition) is 3. The fraction of sp³-hybridized carbons (Fsp3) is 0.467. The molecule has 0 fully saturated rings. The Balaban J connectivity index is 0.00000441. The summed E-state index contributed by atoms with van der Waals surface area (Å²) in [5.41, 5.74) is 0.726. The van der Waals surface area contributed by atoms with E-state index in [1.165, 1.54) is 6.92 Å². The summed E-state index contributed by atoms with van der Waals surface area (Å²) >= 11 is 0. The molecule has 22 heavy (non-hydrogen) atoms. The number of nitrogens with zero attached hydrogens (tertiary/aromatic N) is 1. The number of carbonyl (C=O) groups is 1. The Kier molecular flexibility index (Phi) is 11.2. The van der Waals surface area contributed by atoms with E-state index in [4.69, 9.17) is 4.74 Å². The van der Waals surface area contributed by atoms with Gasteiger partial charge >= 0.3 is 0 Å². The molecule has 0 saturated heterocycles. The Morgan fingerprint density at radius 2 is 1.91 bits per heavy atom. The van der Waals surface area contributed by atoms with E-state index >= 15 is 0 Å². The van der Waals surface area contributed by atoms with E-state index < -0.39 is 0 Å². The average Bonchev–Trinajstić information content (AvgIpc) is 2.43. The molecule has 6 nitrogen and oxygen atoms in total. The van der Waals surface area contributed by atoms with Gasteiger partial charge in [-0.25, -0.2) is 4.99 Å². The number of hydrogen-bond acceptors (Lipinski definition) is 3. The number of benzene rings is 1. The first-order valence-electron chi connectivity index (χ1n) is 7.18. The Labute approximate surface area is 149 Å². The van der Waals surface area contributed by atoms with Crippen molar-refractivity contribution in [3.05, 3.63) is 24.3 Å². The Morgan fingerprint density at radius 1 is 1.23 bits per heavy atom. The monoisotopic (exact) mass is 420 g/mol. The summed E-state index contributed by atoms with van der Waals surface area (Å²) in [6.07, 6.45) is 0. The van der Waals surface area contributed by atoms with Crippen molar-refractivity contribution in [3.63, 3.8) is 0 Å². The van der Waals surface area contributed by atoms with Crippen LogP contribution in [0.15, 0.2) is 29.3 Å². The number of nitrogens with one attached hydrogen (secondary N) is 3. The van der Waals surface area contributed by atoms with Crippen LogP contribution < -0.4 is 20.7 Å². The van der Waals surface area contributed by atoms with Crippen LogP contribution in [-0.2, 0) is 4.79 Å². The van der Waals surface area contributed by atoms with Gasteiger partial charge in [-0.2, -0.15) is 0 Å². The highest BCUT2D eigenvalue weighted by Gasteiger charge is 1.99. The van der Waals surface area contributed by atoms with Crippen LogP contribution >= 0.6 is 24.0 Å². The van der Waals surface area contributed by atoms with Crippen molar-refractivity contribution >= 4 is 41.5 Å². The molecule has 0 saturated carbocycles. The van der Waals surface area contributed by atoms with Crippen molar-refractivity contribution in [3.8, 4) is 5.75 Å². The maximum atomic E-state index is 11.0. The lowest BCUT2D eigenvalue weighted by Gasteiger charge is -2.10. The van der Waals surface area contributed by atoms with Crippen LogP contribution in [0, 0.1) is 0 Å². The molecule has 0 aliphatic carbocycles. The predicted octanol–water partition coefficient (Wildman–Crippen LogP) is 2.22. The second kappa shape index (κ2) is 12.1. The van der Waals surface area contributed by atoms with Gasteiger partial charge in [0.2, 0.25) is 5.91 Å². The zero-order valence-electron chi connectivity index (χ0n) is 13.3. The quantitative estimate of drug-likeness (QED) is 0.274. The van der Waals surface area contributed by atoms with Crippen LogP contribution in [0.3, 0.4) is 0 Å². The van der Waals surface area contributed by atoms with Gasteiger partial charge < -0.3 is 20.7 Å². The van der Waals surface area contributed by atoms with E-state index in [1.54, 1.807) is 6.07 Å². The van der Waals surface area contributed by atoms with Crippen LogP contribution in [0.1, 0.15) is 20.8 Å². The van der Waals surface area contributed by atoms with E-state index in [1.807, 2.05) is 32.0 Å². The molecule has 0 aliphatic heterocycles. The van der Waals surface area contributed by atoms with E-state index in [2.05, 4.69) is 20.9 Å². The molecule has 0 atom stereocenters. The highest BCUT2D eigenvalue weighted by atomic mass is 127. The molecule has 1 amide bonds. The summed E-state index contributed by atoms with van der Waals surface area (Å²) in [6.45, 7) is 8.21. The maximum Gasteiger partial charge on any atom is 0.221 e. The zero-order valence-corrected chi connectivity index (χ0v) is 15.6. The number of ether oxygens (including phenoxy) is 1. The Bertz CT molecular complexity index is 472. The number of rotatable bonds is 7. The smallest absolute Gasteiger partial charge is 0.221 e. The van der Waals surface area contributed by atoms with E-state index in [0.717, 1.165) is 24.7 Å². The molecule has 0 unspecified atom stereocenters. The minimum absolute atomic E-state index is 0. The first-order valence-corrected chi connectivity index (χ1v) is 7.18. The zero-order chi connectivity index (χ0) is 15.5. The number of carbonyl (C=O) groups excluding carboxylic acids is 1. The van der Waals surface area contributed by atoms with Gasteiger partial charge in [-0.15, -0.1) is 24.0 Å². The topological polar surface area (TPSA) is 74.8 Å². The van der Waals surface area contributed by atoms with Crippen molar-refractivity contribution in [2.45, 2.75) is 20.8 Å². The van der Waals surface area contributed by atoms with Gasteiger partial charge in [-0.1, -0.05) is 6.07 Å². The lowest BCUT2D eigenvalue weighted by molar-refractivity contribution is -0.114. The molecule has 1 rings (SSSR count). The van der Waals surface area contributed by atoms with Gasteiger partial charge in [0.1, 0.15) is 12.4 Å². The standard InChI is InChI=1S/C15H24N4O2.HI/c1-4-16-15(17-5-2)18-9-10-21-14-8-6-7-13(11-14)19-12(3)20;/h6-8,11H,4-5,9-10H2,1-3H3,(H,19,20)(H2,16,17,18);1H. The average molecular weight is 420 g/mol. The van der Waals surface area contributed by atoms with Crippen LogP contribution in [0.25, 0.3) is 0 Å². The first-order chi connectivity index (χ1) is 10.2. The fourth-order valence-electron chi connectivity index (χ4n) is 1.70. The first kappa shape index (κ1) is 20.5. The van der Waals surface area contributed by atoms with Crippen molar-refractivity contribution in [2.24, 2.45) is 4.99 Å². The number of guanidine groups is 1. The summed E-state index contributed by atoms with van der Waals surface area (Å²) in [6, 6.07) is 7.30. The minimum atomic E-state index is -0.0994. The number of anilines is 1. The van der Waals surface area contributed by atoms with Crippen molar-refractivity contribution in [1.29, 1.82) is 0 Å². The second-order valence-electron chi connectivity index (χ2n) is 4.35. The molecule has 0 radical (unpaired) electrons. The number of amides is 1. The molecule has 1 aromatic rings. The molecule has 0 bridgehead atoms. The van der Waals surface area contributed by atoms with E-state index in [9.17, 15) is 4.79 Å². The maximum absolute atomic E-state index is 11.0. The summed E-state index contributed by atoms with van der Waals surface area (Å²) < 4.78 is 5.62. The third-order valence-corrected chi connectivity index (χ3v) is 2.47. The largest absolute Gasteiger partial charge is 0.492 e. The van der Waals surface area contributed by atoms with Crippen LogP contribution in [0.4, 0.5) is 5.69 Å². The number of halogens is 1. The third-order valence-electron chi connectivity index (χ3n) is 2.47. The fourth-order valence-corrected chi connectivity index (χ4v) is 1.70. The normalized spacial score (nSPS) is 9.23. The molecule has 0 spiro atoms. The lowest BCUT2D eigenvalue weighted by Crippen LogP contribution is -2.37. The van der Waals surface area contributed by atoms with Gasteiger partial charge in [0, 0.05) is 31.8 Å². The molecular weight excluding hydrogens is 395 g/mol. The third kappa shape index (κ3) is 8.71. The molecule has 3 N–H and O–H groups in total. The second-order valence-corrected chi connectivity index (χ2v) is 4.35. The van der Waals surface area contributed by atoms with Crippen LogP contribution in [-0.4, -0.2) is 38.1 Å². The van der Waals surface area contributed by atoms with Gasteiger partial charge in [-0.3, -0.25) is 4.79 Å². The molecule has 0 heterocycles.